The average molecular weight is 332 g/mol. The van der Waals surface area contributed by atoms with Crippen LogP contribution in [0.4, 0.5) is 5.69 Å². The highest BCUT2D eigenvalue weighted by Gasteiger charge is 2.15. The molecule has 3 rings (SSSR count). The van der Waals surface area contributed by atoms with Gasteiger partial charge < -0.3 is 10.1 Å². The maximum atomic E-state index is 11.3. The fourth-order valence-corrected chi connectivity index (χ4v) is 2.63. The Labute approximate surface area is 126 Å². The van der Waals surface area contributed by atoms with E-state index in [4.69, 9.17) is 4.74 Å². The first-order valence-electron chi connectivity index (χ1n) is 6.51. The summed E-state index contributed by atoms with van der Waals surface area (Å²) in [5.74, 6) is 0.912. The molecule has 1 heterocycles. The molecule has 0 spiro atoms. The van der Waals surface area contributed by atoms with Gasteiger partial charge in [-0.25, -0.2) is 0 Å². The molecule has 4 heteroatoms. The molecule has 0 atom stereocenters. The van der Waals surface area contributed by atoms with Crippen LogP contribution in [-0.4, -0.2) is 5.91 Å². The van der Waals surface area contributed by atoms with E-state index in [1.807, 2.05) is 42.5 Å². The van der Waals surface area contributed by atoms with Crippen LogP contribution in [0.1, 0.15) is 17.5 Å². The molecule has 0 unspecified atom stereocenters. The van der Waals surface area contributed by atoms with Gasteiger partial charge in [0.2, 0.25) is 5.91 Å². The van der Waals surface area contributed by atoms with Crippen LogP contribution >= 0.6 is 15.9 Å². The summed E-state index contributed by atoms with van der Waals surface area (Å²) in [6.07, 6.45) is 1.31. The van der Waals surface area contributed by atoms with Gasteiger partial charge in [0, 0.05) is 22.1 Å². The smallest absolute Gasteiger partial charge is 0.224 e. The number of fused-ring (bicyclic) bond motifs is 1. The van der Waals surface area contributed by atoms with Crippen molar-refractivity contribution in [3.63, 3.8) is 0 Å². The van der Waals surface area contributed by atoms with Gasteiger partial charge in [-0.3, -0.25) is 4.79 Å². The van der Waals surface area contributed by atoms with Crippen LogP contribution in [0, 0.1) is 0 Å². The van der Waals surface area contributed by atoms with Crippen molar-refractivity contribution in [1.82, 2.24) is 0 Å². The van der Waals surface area contributed by atoms with E-state index in [2.05, 4.69) is 21.2 Å². The van der Waals surface area contributed by atoms with Gasteiger partial charge in [0.25, 0.3) is 0 Å². The molecule has 20 heavy (non-hydrogen) atoms. The molecule has 0 saturated heterocycles. The number of carbonyl (C=O) groups is 1. The molecule has 102 valence electrons. The van der Waals surface area contributed by atoms with E-state index in [1.165, 1.54) is 0 Å². The number of aryl methyl sites for hydroxylation is 1. The van der Waals surface area contributed by atoms with Crippen molar-refractivity contribution in [2.45, 2.75) is 19.4 Å². The molecule has 1 aliphatic rings. The van der Waals surface area contributed by atoms with Crippen LogP contribution in [0.15, 0.2) is 46.9 Å². The van der Waals surface area contributed by atoms with E-state index in [0.29, 0.717) is 13.0 Å². The molecule has 1 N–H and O–H groups in total. The van der Waals surface area contributed by atoms with Crippen LogP contribution in [0.25, 0.3) is 0 Å². The van der Waals surface area contributed by atoms with E-state index in [9.17, 15) is 4.79 Å². The van der Waals surface area contributed by atoms with Gasteiger partial charge in [0.15, 0.2) is 0 Å². The van der Waals surface area contributed by atoms with E-state index in [-0.39, 0.29) is 5.91 Å². The van der Waals surface area contributed by atoms with E-state index >= 15 is 0 Å². The first kappa shape index (κ1) is 13.2. The second-order valence-electron chi connectivity index (χ2n) is 4.75. The van der Waals surface area contributed by atoms with Gasteiger partial charge in [-0.1, -0.05) is 34.1 Å². The zero-order valence-electron chi connectivity index (χ0n) is 10.9. The largest absolute Gasteiger partial charge is 0.489 e. The fraction of sp³-hybridized carbons (Fsp3) is 0.188. The monoisotopic (exact) mass is 331 g/mol. The lowest BCUT2D eigenvalue weighted by Gasteiger charge is -2.17. The first-order chi connectivity index (χ1) is 9.72. The number of hydrogen-bond acceptors (Lipinski definition) is 2. The van der Waals surface area contributed by atoms with Crippen LogP contribution in [0.2, 0.25) is 0 Å². The van der Waals surface area contributed by atoms with E-state index in [0.717, 1.165) is 33.5 Å². The summed E-state index contributed by atoms with van der Waals surface area (Å²) < 4.78 is 6.87. The van der Waals surface area contributed by atoms with Crippen molar-refractivity contribution in [3.8, 4) is 5.75 Å². The number of hydrogen-bond donors (Lipinski definition) is 1. The van der Waals surface area contributed by atoms with Gasteiger partial charge in [-0.05, 0) is 36.2 Å². The van der Waals surface area contributed by atoms with Crippen molar-refractivity contribution in [2.75, 3.05) is 5.32 Å². The second-order valence-corrected chi connectivity index (χ2v) is 5.60. The molecule has 0 aliphatic carbocycles. The van der Waals surface area contributed by atoms with Gasteiger partial charge in [0.05, 0.1) is 0 Å². The summed E-state index contributed by atoms with van der Waals surface area (Å²) in [6, 6.07) is 13.8. The normalized spacial score (nSPS) is 13.6. The number of amides is 1. The van der Waals surface area contributed by atoms with Crippen LogP contribution in [0.3, 0.4) is 0 Å². The molecule has 0 bridgehead atoms. The Bertz CT molecular complexity index is 655. The highest BCUT2D eigenvalue weighted by Crippen LogP contribution is 2.27. The highest BCUT2D eigenvalue weighted by atomic mass is 79.9. The number of benzene rings is 2. The summed E-state index contributed by atoms with van der Waals surface area (Å²) in [4.78, 5) is 11.3. The van der Waals surface area contributed by atoms with Crippen LogP contribution < -0.4 is 10.1 Å². The maximum absolute atomic E-state index is 11.3. The van der Waals surface area contributed by atoms with Crippen LogP contribution in [0.5, 0.6) is 5.75 Å². The molecule has 1 amide bonds. The standard InChI is InChI=1S/C16H14BrNO2/c17-14-4-2-1-3-12(14)10-20-13-6-7-15-11(9-13)5-8-16(19)18-15/h1-4,6-7,9H,5,8,10H2,(H,18,19). The molecule has 0 saturated carbocycles. The lowest BCUT2D eigenvalue weighted by Crippen LogP contribution is -2.18. The van der Waals surface area contributed by atoms with Gasteiger partial charge >= 0.3 is 0 Å². The molecular weight excluding hydrogens is 318 g/mol. The summed E-state index contributed by atoms with van der Waals surface area (Å²) in [5, 5.41) is 2.87. The van der Waals surface area contributed by atoms with Crippen molar-refractivity contribution in [3.05, 3.63) is 58.1 Å². The van der Waals surface area contributed by atoms with Crippen LogP contribution in [-0.2, 0) is 17.8 Å². The van der Waals surface area contributed by atoms with Crippen molar-refractivity contribution in [1.29, 1.82) is 0 Å². The number of anilines is 1. The molecule has 0 fully saturated rings. The third kappa shape index (κ3) is 2.85. The summed E-state index contributed by atoms with van der Waals surface area (Å²) >= 11 is 3.51. The predicted octanol–water partition coefficient (Wildman–Crippen LogP) is 3.91. The SMILES string of the molecule is O=C1CCc2cc(OCc3ccccc3Br)ccc2N1. The lowest BCUT2D eigenvalue weighted by molar-refractivity contribution is -0.116. The van der Waals surface area contributed by atoms with E-state index < -0.39 is 0 Å². The Morgan fingerprint density at radius 1 is 1.15 bits per heavy atom. The zero-order chi connectivity index (χ0) is 13.9. The lowest BCUT2D eigenvalue weighted by atomic mass is 10.0. The Balaban J connectivity index is 1.73. The predicted molar refractivity (Wildman–Crippen MR) is 81.9 cm³/mol. The Hall–Kier alpha value is -1.81. The topological polar surface area (TPSA) is 38.3 Å². The van der Waals surface area contributed by atoms with Crippen molar-refractivity contribution >= 4 is 27.5 Å². The number of carbonyl (C=O) groups excluding carboxylic acids is 1. The maximum Gasteiger partial charge on any atom is 0.224 e. The fourth-order valence-electron chi connectivity index (χ4n) is 2.23. The highest BCUT2D eigenvalue weighted by molar-refractivity contribution is 9.10. The summed E-state index contributed by atoms with van der Waals surface area (Å²) in [7, 11) is 0. The number of halogens is 1. The van der Waals surface area contributed by atoms with Crippen molar-refractivity contribution < 1.29 is 9.53 Å². The minimum absolute atomic E-state index is 0.0828. The molecular formula is C16H14BrNO2. The molecule has 1 aliphatic heterocycles. The Morgan fingerprint density at radius 3 is 2.85 bits per heavy atom. The molecule has 2 aromatic carbocycles. The first-order valence-corrected chi connectivity index (χ1v) is 7.30. The van der Waals surface area contributed by atoms with Gasteiger partial charge in [-0.15, -0.1) is 0 Å². The molecule has 2 aromatic rings. The quantitative estimate of drug-likeness (QED) is 0.925. The third-order valence-electron chi connectivity index (χ3n) is 3.32. The van der Waals surface area contributed by atoms with Crippen molar-refractivity contribution in [2.24, 2.45) is 0 Å². The number of ether oxygens (including phenoxy) is 1. The van der Waals surface area contributed by atoms with Gasteiger partial charge in [-0.2, -0.15) is 0 Å². The molecule has 0 radical (unpaired) electrons. The Kier molecular flexibility index (Phi) is 3.74. The molecule has 3 nitrogen and oxygen atoms in total. The Morgan fingerprint density at radius 2 is 2.00 bits per heavy atom. The average Bonchev–Trinajstić information content (AvgIpc) is 2.46. The summed E-state index contributed by atoms with van der Waals surface area (Å²) in [6.45, 7) is 0.520. The van der Waals surface area contributed by atoms with E-state index in [1.54, 1.807) is 0 Å². The minimum atomic E-state index is 0.0828. The van der Waals surface area contributed by atoms with Gasteiger partial charge in [0.1, 0.15) is 12.4 Å². The summed E-state index contributed by atoms with van der Waals surface area (Å²) in [5.41, 5.74) is 3.14. The zero-order valence-corrected chi connectivity index (χ0v) is 12.4. The second kappa shape index (κ2) is 5.67. The number of rotatable bonds is 3. The number of nitrogens with one attached hydrogen (secondary N) is 1. The molecule has 0 aromatic heterocycles. The third-order valence-corrected chi connectivity index (χ3v) is 4.10. The minimum Gasteiger partial charge on any atom is -0.489 e.